The molecule has 1 saturated heterocycles. The van der Waals surface area contributed by atoms with E-state index in [1.807, 2.05) is 0 Å². The average molecular weight is 255 g/mol. The molecule has 2 unspecified atom stereocenters. The van der Waals surface area contributed by atoms with Gasteiger partial charge in [-0.05, 0) is 38.3 Å². The van der Waals surface area contributed by atoms with Crippen LogP contribution < -0.4 is 5.73 Å². The highest BCUT2D eigenvalue weighted by Crippen LogP contribution is 2.21. The van der Waals surface area contributed by atoms with E-state index in [0.717, 1.165) is 12.8 Å². The molecule has 0 radical (unpaired) electrons. The number of rotatable bonds is 5. The molecule has 0 aromatic carbocycles. The normalized spacial score (nSPS) is 25.3. The third-order valence-electron chi connectivity index (χ3n) is 3.95. The first-order valence-corrected chi connectivity index (χ1v) is 7.54. The molecule has 0 aromatic rings. The molecule has 1 rings (SSSR count). The highest BCUT2D eigenvalue weighted by atomic mass is 15.3. The van der Waals surface area contributed by atoms with Gasteiger partial charge < -0.3 is 10.6 Å². The van der Waals surface area contributed by atoms with Gasteiger partial charge in [-0.15, -0.1) is 0 Å². The summed E-state index contributed by atoms with van der Waals surface area (Å²) < 4.78 is 0. The molecule has 18 heavy (non-hydrogen) atoms. The predicted molar refractivity (Wildman–Crippen MR) is 79.8 cm³/mol. The van der Waals surface area contributed by atoms with Gasteiger partial charge in [0.2, 0.25) is 0 Å². The molecule has 0 bridgehead atoms. The molecule has 0 amide bonds. The van der Waals surface area contributed by atoms with Gasteiger partial charge in [0.1, 0.15) is 0 Å². The Bertz CT molecular complexity index is 234. The first-order valence-electron chi connectivity index (χ1n) is 7.54. The fourth-order valence-corrected chi connectivity index (χ4v) is 2.98. The molecular formula is C15H33N3. The Balaban J connectivity index is 2.24. The molecule has 108 valence electrons. The lowest BCUT2D eigenvalue weighted by Gasteiger charge is -2.39. The predicted octanol–water partition coefficient (Wildman–Crippen LogP) is 2.17. The van der Waals surface area contributed by atoms with Gasteiger partial charge in [0.15, 0.2) is 0 Å². The Morgan fingerprint density at radius 3 is 2.44 bits per heavy atom. The van der Waals surface area contributed by atoms with Crippen LogP contribution in [0.3, 0.4) is 0 Å². The van der Waals surface area contributed by atoms with Crippen LogP contribution in [0.1, 0.15) is 47.5 Å². The van der Waals surface area contributed by atoms with Crippen LogP contribution in [0.5, 0.6) is 0 Å². The molecule has 2 atom stereocenters. The highest BCUT2D eigenvalue weighted by Gasteiger charge is 2.23. The summed E-state index contributed by atoms with van der Waals surface area (Å²) >= 11 is 0. The van der Waals surface area contributed by atoms with Crippen LogP contribution in [-0.2, 0) is 0 Å². The van der Waals surface area contributed by atoms with Gasteiger partial charge in [-0.2, -0.15) is 0 Å². The lowest BCUT2D eigenvalue weighted by Crippen LogP contribution is -2.52. The minimum Gasteiger partial charge on any atom is -0.328 e. The summed E-state index contributed by atoms with van der Waals surface area (Å²) in [5.41, 5.74) is 6.58. The Kier molecular flexibility index (Phi) is 6.09. The van der Waals surface area contributed by atoms with Crippen molar-refractivity contribution in [3.63, 3.8) is 0 Å². The van der Waals surface area contributed by atoms with Gasteiger partial charge in [0, 0.05) is 31.7 Å². The van der Waals surface area contributed by atoms with Crippen molar-refractivity contribution in [2.75, 3.05) is 32.7 Å². The third-order valence-corrected chi connectivity index (χ3v) is 3.95. The molecule has 3 nitrogen and oxygen atoms in total. The first kappa shape index (κ1) is 15.9. The number of nitrogens with zero attached hydrogens (tertiary/aromatic N) is 2. The topological polar surface area (TPSA) is 32.5 Å². The van der Waals surface area contributed by atoms with Crippen LogP contribution in [0.25, 0.3) is 0 Å². The second kappa shape index (κ2) is 6.88. The second-order valence-electron chi connectivity index (χ2n) is 7.09. The number of hydrogen-bond acceptors (Lipinski definition) is 3. The lowest BCUT2D eigenvalue weighted by molar-refractivity contribution is 0.0851. The fraction of sp³-hybridized carbons (Fsp3) is 1.00. The van der Waals surface area contributed by atoms with Crippen molar-refractivity contribution in [1.82, 2.24) is 9.80 Å². The number of nitrogens with two attached hydrogens (primary N) is 1. The van der Waals surface area contributed by atoms with Gasteiger partial charge in [-0.1, -0.05) is 27.7 Å². The van der Waals surface area contributed by atoms with Crippen molar-refractivity contribution in [2.24, 2.45) is 11.1 Å². The Morgan fingerprint density at radius 1 is 1.28 bits per heavy atom. The molecule has 0 saturated carbocycles. The van der Waals surface area contributed by atoms with E-state index in [4.69, 9.17) is 5.73 Å². The third kappa shape index (κ3) is 5.68. The van der Waals surface area contributed by atoms with E-state index in [-0.39, 0.29) is 0 Å². The van der Waals surface area contributed by atoms with Gasteiger partial charge in [0.25, 0.3) is 0 Å². The van der Waals surface area contributed by atoms with Crippen LogP contribution in [0.4, 0.5) is 0 Å². The smallest absolute Gasteiger partial charge is 0.0195 e. The zero-order valence-corrected chi connectivity index (χ0v) is 13.1. The molecule has 2 N–H and O–H groups in total. The van der Waals surface area contributed by atoms with Crippen molar-refractivity contribution in [2.45, 2.75) is 59.5 Å². The maximum absolute atomic E-state index is 6.23. The van der Waals surface area contributed by atoms with Crippen LogP contribution >= 0.6 is 0 Å². The molecular weight excluding hydrogens is 222 g/mol. The standard InChI is InChI=1S/C15H33N3/c1-6-18-10-9-17(12-13(18)2)8-7-14(16)11-15(3,4)5/h13-14H,6-12,16H2,1-5H3. The molecule has 1 aliphatic rings. The van der Waals surface area contributed by atoms with Gasteiger partial charge in [0.05, 0.1) is 0 Å². The zero-order chi connectivity index (χ0) is 13.8. The van der Waals surface area contributed by atoms with Crippen molar-refractivity contribution < 1.29 is 0 Å². The SMILES string of the molecule is CCN1CCN(CCC(N)CC(C)(C)C)CC1C. The minimum atomic E-state index is 0.351. The molecule has 3 heteroatoms. The summed E-state index contributed by atoms with van der Waals surface area (Å²) in [6.07, 6.45) is 2.26. The highest BCUT2D eigenvalue weighted by molar-refractivity contribution is 4.80. The second-order valence-corrected chi connectivity index (χ2v) is 7.09. The summed E-state index contributed by atoms with van der Waals surface area (Å²) in [6, 6.07) is 1.05. The van der Waals surface area contributed by atoms with E-state index in [0.29, 0.717) is 17.5 Å². The van der Waals surface area contributed by atoms with E-state index in [1.165, 1.54) is 32.7 Å². The molecule has 1 fully saturated rings. The Labute approximate surface area is 114 Å². The Hall–Kier alpha value is -0.120. The molecule has 0 aliphatic carbocycles. The van der Waals surface area contributed by atoms with Crippen molar-refractivity contribution >= 4 is 0 Å². The van der Waals surface area contributed by atoms with Crippen molar-refractivity contribution in [3.8, 4) is 0 Å². The van der Waals surface area contributed by atoms with E-state index in [9.17, 15) is 0 Å². The lowest BCUT2D eigenvalue weighted by atomic mass is 9.87. The van der Waals surface area contributed by atoms with Gasteiger partial charge in [-0.25, -0.2) is 0 Å². The quantitative estimate of drug-likeness (QED) is 0.817. The summed E-state index contributed by atoms with van der Waals surface area (Å²) in [5.74, 6) is 0. The van der Waals surface area contributed by atoms with Gasteiger partial charge in [-0.3, -0.25) is 4.90 Å². The zero-order valence-electron chi connectivity index (χ0n) is 13.1. The van der Waals surface area contributed by atoms with Crippen LogP contribution in [0.2, 0.25) is 0 Å². The average Bonchev–Trinajstić information content (AvgIpc) is 2.24. The molecule has 1 heterocycles. The fourth-order valence-electron chi connectivity index (χ4n) is 2.98. The Morgan fingerprint density at radius 2 is 1.94 bits per heavy atom. The molecule has 0 aromatic heterocycles. The van der Waals surface area contributed by atoms with Crippen molar-refractivity contribution in [1.29, 1.82) is 0 Å². The van der Waals surface area contributed by atoms with E-state index in [2.05, 4.69) is 44.4 Å². The van der Waals surface area contributed by atoms with E-state index < -0.39 is 0 Å². The monoisotopic (exact) mass is 255 g/mol. The van der Waals surface area contributed by atoms with Crippen LogP contribution in [0, 0.1) is 5.41 Å². The van der Waals surface area contributed by atoms with Crippen molar-refractivity contribution in [3.05, 3.63) is 0 Å². The van der Waals surface area contributed by atoms with Crippen LogP contribution in [-0.4, -0.2) is 54.6 Å². The van der Waals surface area contributed by atoms with Crippen LogP contribution in [0.15, 0.2) is 0 Å². The number of likely N-dealkylation sites (N-methyl/N-ethyl adjacent to an activating group) is 1. The summed E-state index contributed by atoms with van der Waals surface area (Å²) in [7, 11) is 0. The summed E-state index contributed by atoms with van der Waals surface area (Å²) in [6.45, 7) is 17.4. The largest absolute Gasteiger partial charge is 0.328 e. The maximum atomic E-state index is 6.23. The van der Waals surface area contributed by atoms with E-state index >= 15 is 0 Å². The maximum Gasteiger partial charge on any atom is 0.0195 e. The van der Waals surface area contributed by atoms with E-state index in [1.54, 1.807) is 0 Å². The van der Waals surface area contributed by atoms with Gasteiger partial charge >= 0.3 is 0 Å². The minimum absolute atomic E-state index is 0.351. The molecule has 1 aliphatic heterocycles. The molecule has 0 spiro atoms. The first-order chi connectivity index (χ1) is 8.31. The summed E-state index contributed by atoms with van der Waals surface area (Å²) in [5, 5.41) is 0. The number of hydrogen-bond donors (Lipinski definition) is 1. The summed E-state index contributed by atoms with van der Waals surface area (Å²) in [4.78, 5) is 5.14. The number of piperazine rings is 1.